The molecule has 4 unspecified atom stereocenters. The van der Waals surface area contributed by atoms with Crippen LogP contribution in [-0.2, 0) is 10.4 Å². The summed E-state index contributed by atoms with van der Waals surface area (Å²) in [6.45, 7) is 0. The minimum absolute atomic E-state index is 0.444. The summed E-state index contributed by atoms with van der Waals surface area (Å²) in [4.78, 5) is 13.2. The fourth-order valence-corrected chi connectivity index (χ4v) is 3.30. The van der Waals surface area contributed by atoms with Gasteiger partial charge in [0, 0.05) is 7.05 Å². The molecule has 1 heterocycles. The first-order chi connectivity index (χ1) is 11.0. The van der Waals surface area contributed by atoms with Crippen LogP contribution in [0.15, 0.2) is 60.7 Å². The number of hydrogen-bond donors (Lipinski definition) is 3. The van der Waals surface area contributed by atoms with Gasteiger partial charge >= 0.3 is 0 Å². The summed E-state index contributed by atoms with van der Waals surface area (Å²) in [5, 5.41) is 32.5. The number of nitrogens with zero attached hydrogens (tertiary/aromatic N) is 1. The first-order valence-corrected chi connectivity index (χ1v) is 7.43. The summed E-state index contributed by atoms with van der Waals surface area (Å²) >= 11 is 0. The monoisotopic (exact) mass is 313 g/mol. The van der Waals surface area contributed by atoms with Crippen molar-refractivity contribution in [2.75, 3.05) is 7.05 Å². The molecule has 3 N–H and O–H groups in total. The Morgan fingerprint density at radius 2 is 1.48 bits per heavy atom. The van der Waals surface area contributed by atoms with Crippen LogP contribution in [0.3, 0.4) is 0 Å². The Labute approximate surface area is 134 Å². The smallest absolute Gasteiger partial charge is 0.254 e. The van der Waals surface area contributed by atoms with Crippen LogP contribution < -0.4 is 0 Å². The van der Waals surface area contributed by atoms with Crippen LogP contribution >= 0.6 is 0 Å². The molecule has 1 saturated heterocycles. The van der Waals surface area contributed by atoms with Crippen LogP contribution in [0.4, 0.5) is 0 Å². The molecule has 0 aliphatic carbocycles. The molecule has 4 atom stereocenters. The summed E-state index contributed by atoms with van der Waals surface area (Å²) in [5.74, 6) is -1.59. The van der Waals surface area contributed by atoms with Crippen LogP contribution in [0.25, 0.3) is 0 Å². The van der Waals surface area contributed by atoms with Crippen molar-refractivity contribution in [3.05, 3.63) is 71.8 Å². The molecule has 5 nitrogen and oxygen atoms in total. The van der Waals surface area contributed by atoms with Crippen molar-refractivity contribution in [3.8, 4) is 0 Å². The van der Waals surface area contributed by atoms with Crippen LogP contribution in [0.2, 0.25) is 0 Å². The van der Waals surface area contributed by atoms with Gasteiger partial charge in [-0.1, -0.05) is 60.7 Å². The van der Waals surface area contributed by atoms with Gasteiger partial charge in [-0.15, -0.1) is 0 Å². The number of benzene rings is 2. The molecule has 1 aliphatic rings. The SMILES string of the molecule is CN1C(=O)C(O)C(c2ccccc2)C(O)(c2ccccc2)C1O. The lowest BCUT2D eigenvalue weighted by molar-refractivity contribution is -0.214. The van der Waals surface area contributed by atoms with E-state index in [1.807, 2.05) is 6.07 Å². The van der Waals surface area contributed by atoms with E-state index >= 15 is 0 Å². The van der Waals surface area contributed by atoms with Gasteiger partial charge in [0.15, 0.2) is 6.23 Å². The molecular formula is C18H19NO4. The summed E-state index contributed by atoms with van der Waals surface area (Å²) in [7, 11) is 1.37. The molecule has 0 saturated carbocycles. The molecule has 1 amide bonds. The molecule has 2 aromatic rings. The van der Waals surface area contributed by atoms with E-state index in [1.54, 1.807) is 54.6 Å². The average Bonchev–Trinajstić information content (AvgIpc) is 2.60. The third kappa shape index (κ3) is 2.34. The molecule has 23 heavy (non-hydrogen) atoms. The number of aliphatic hydroxyl groups excluding tert-OH is 2. The average molecular weight is 313 g/mol. The third-order valence-corrected chi connectivity index (χ3v) is 4.55. The largest absolute Gasteiger partial charge is 0.382 e. The van der Waals surface area contributed by atoms with Gasteiger partial charge in [-0.3, -0.25) is 4.79 Å². The van der Waals surface area contributed by atoms with Gasteiger partial charge in [-0.05, 0) is 11.1 Å². The van der Waals surface area contributed by atoms with Crippen LogP contribution in [0.1, 0.15) is 17.0 Å². The number of likely N-dealkylation sites (tertiary alicyclic amines) is 1. The maximum Gasteiger partial charge on any atom is 0.254 e. The fraction of sp³-hybridized carbons (Fsp3) is 0.278. The third-order valence-electron chi connectivity index (χ3n) is 4.55. The van der Waals surface area contributed by atoms with Crippen molar-refractivity contribution in [1.82, 2.24) is 4.90 Å². The molecule has 0 radical (unpaired) electrons. The van der Waals surface area contributed by atoms with Gasteiger partial charge in [0.05, 0.1) is 5.92 Å². The highest BCUT2D eigenvalue weighted by atomic mass is 16.4. The molecular weight excluding hydrogens is 294 g/mol. The predicted octanol–water partition coefficient (Wildman–Crippen LogP) is 0.809. The zero-order chi connectivity index (χ0) is 16.6. The highest BCUT2D eigenvalue weighted by Crippen LogP contribution is 2.46. The second-order valence-electron chi connectivity index (χ2n) is 5.85. The van der Waals surface area contributed by atoms with E-state index in [0.29, 0.717) is 11.1 Å². The van der Waals surface area contributed by atoms with E-state index in [-0.39, 0.29) is 0 Å². The Morgan fingerprint density at radius 3 is 2.04 bits per heavy atom. The summed E-state index contributed by atoms with van der Waals surface area (Å²) < 4.78 is 0. The quantitative estimate of drug-likeness (QED) is 0.766. The van der Waals surface area contributed by atoms with E-state index in [4.69, 9.17) is 0 Å². The Bertz CT molecular complexity index is 691. The Kier molecular flexibility index (Phi) is 3.93. The zero-order valence-corrected chi connectivity index (χ0v) is 12.7. The van der Waals surface area contributed by atoms with Crippen molar-refractivity contribution in [2.45, 2.75) is 23.9 Å². The number of hydrogen-bond acceptors (Lipinski definition) is 4. The van der Waals surface area contributed by atoms with Crippen LogP contribution in [0.5, 0.6) is 0 Å². The molecule has 5 heteroatoms. The molecule has 0 bridgehead atoms. The first kappa shape index (κ1) is 15.7. The van der Waals surface area contributed by atoms with Gasteiger partial charge in [0.1, 0.15) is 11.7 Å². The number of carbonyl (C=O) groups excluding carboxylic acids is 1. The number of likely N-dealkylation sites (N-methyl/N-ethyl adjacent to an activating group) is 1. The summed E-state index contributed by atoms with van der Waals surface area (Å²) in [6, 6.07) is 17.4. The van der Waals surface area contributed by atoms with Gasteiger partial charge in [0.2, 0.25) is 0 Å². The van der Waals surface area contributed by atoms with E-state index in [0.717, 1.165) is 4.90 Å². The summed E-state index contributed by atoms with van der Waals surface area (Å²) in [5.41, 5.74) is -0.781. The topological polar surface area (TPSA) is 81.0 Å². The van der Waals surface area contributed by atoms with E-state index in [9.17, 15) is 20.1 Å². The number of piperidine rings is 1. The van der Waals surface area contributed by atoms with Gasteiger partial charge < -0.3 is 20.2 Å². The molecule has 120 valence electrons. The second-order valence-corrected chi connectivity index (χ2v) is 5.85. The molecule has 0 spiro atoms. The highest BCUT2D eigenvalue weighted by molar-refractivity contribution is 5.83. The standard InChI is InChI=1S/C18H19NO4/c1-19-16(21)15(20)14(12-8-4-2-5-9-12)18(23,17(19)22)13-10-6-3-7-11-13/h2-11,14-15,17,20,22-23H,1H3. The Balaban J connectivity index is 2.21. The van der Waals surface area contributed by atoms with Crippen LogP contribution in [0, 0.1) is 0 Å². The minimum atomic E-state index is -1.81. The lowest BCUT2D eigenvalue weighted by Gasteiger charge is -2.49. The lowest BCUT2D eigenvalue weighted by Crippen LogP contribution is -2.64. The fourth-order valence-electron chi connectivity index (χ4n) is 3.30. The normalized spacial score (nSPS) is 31.2. The molecule has 2 aromatic carbocycles. The van der Waals surface area contributed by atoms with Crippen molar-refractivity contribution >= 4 is 5.91 Å². The van der Waals surface area contributed by atoms with Crippen molar-refractivity contribution in [1.29, 1.82) is 0 Å². The molecule has 3 rings (SSSR count). The van der Waals surface area contributed by atoms with E-state index in [2.05, 4.69) is 0 Å². The zero-order valence-electron chi connectivity index (χ0n) is 12.7. The lowest BCUT2D eigenvalue weighted by atomic mass is 9.70. The number of aliphatic hydroxyl groups is 3. The minimum Gasteiger partial charge on any atom is -0.382 e. The Hall–Kier alpha value is -2.21. The van der Waals surface area contributed by atoms with E-state index < -0.39 is 29.8 Å². The second kappa shape index (κ2) is 5.77. The summed E-state index contributed by atoms with van der Waals surface area (Å²) in [6.07, 6.45) is -2.91. The predicted molar refractivity (Wildman–Crippen MR) is 84.3 cm³/mol. The Morgan fingerprint density at radius 1 is 0.957 bits per heavy atom. The van der Waals surface area contributed by atoms with E-state index in [1.165, 1.54) is 7.05 Å². The molecule has 0 aromatic heterocycles. The van der Waals surface area contributed by atoms with Gasteiger partial charge in [-0.2, -0.15) is 0 Å². The maximum absolute atomic E-state index is 12.2. The van der Waals surface area contributed by atoms with Gasteiger partial charge in [0.25, 0.3) is 5.91 Å². The molecule has 1 fully saturated rings. The van der Waals surface area contributed by atoms with Gasteiger partial charge in [-0.25, -0.2) is 0 Å². The highest BCUT2D eigenvalue weighted by Gasteiger charge is 2.57. The first-order valence-electron chi connectivity index (χ1n) is 7.43. The van der Waals surface area contributed by atoms with Crippen LogP contribution in [-0.4, -0.2) is 45.5 Å². The van der Waals surface area contributed by atoms with Crippen molar-refractivity contribution < 1.29 is 20.1 Å². The maximum atomic E-state index is 12.2. The molecule has 1 aliphatic heterocycles. The van der Waals surface area contributed by atoms with Crippen molar-refractivity contribution in [3.63, 3.8) is 0 Å². The number of carbonyl (C=O) groups is 1. The van der Waals surface area contributed by atoms with Crippen molar-refractivity contribution in [2.24, 2.45) is 0 Å². The number of amides is 1. The number of rotatable bonds is 2.